The summed E-state index contributed by atoms with van der Waals surface area (Å²) in [5.41, 5.74) is 0.0541. The number of carbonyl (C=O) groups excluding carboxylic acids is 1. The van der Waals surface area contributed by atoms with E-state index in [1.54, 1.807) is 0 Å². The minimum atomic E-state index is -2.98. The minimum Gasteiger partial charge on any atom is -0.415 e. The Morgan fingerprint density at radius 3 is 2.38 bits per heavy atom. The summed E-state index contributed by atoms with van der Waals surface area (Å²) in [6.07, 6.45) is -2.98. The van der Waals surface area contributed by atoms with E-state index in [0.29, 0.717) is 0 Å². The first-order valence-corrected chi connectivity index (χ1v) is 11.5. The molecular weight excluding hydrogens is 483 g/mol. The van der Waals surface area contributed by atoms with E-state index in [9.17, 15) is 31.0 Å². The number of urea groups is 1. The lowest BCUT2D eigenvalue weighted by Gasteiger charge is -2.33. The molecule has 0 aliphatic carbocycles. The summed E-state index contributed by atoms with van der Waals surface area (Å²) in [5, 5.41) is 6.66. The zero-order valence-corrected chi connectivity index (χ0v) is 18.2. The standard InChI is InChI=1S/C21H17F5N4O3S/c22-15-4-3-14(10-17(15)24)30(21(31)29-5-7-34(32)8-6-29)11-13-2-1-12(9-16(13)23)19-27-28-20(33-19)18(25)26/h1-4,9-10,18H,5-8,11H2. The van der Waals surface area contributed by atoms with Crippen LogP contribution >= 0.6 is 0 Å². The Kier molecular flexibility index (Phi) is 6.91. The number of alkyl halides is 2. The van der Waals surface area contributed by atoms with Crippen molar-refractivity contribution in [3.8, 4) is 11.5 Å². The van der Waals surface area contributed by atoms with Crippen LogP contribution in [0.2, 0.25) is 0 Å². The Bertz CT molecular complexity index is 1230. The van der Waals surface area contributed by atoms with Crippen LogP contribution in [0.15, 0.2) is 40.8 Å². The molecule has 0 N–H and O–H groups in total. The van der Waals surface area contributed by atoms with E-state index in [0.717, 1.165) is 23.1 Å². The molecule has 13 heteroatoms. The highest BCUT2D eigenvalue weighted by Crippen LogP contribution is 2.27. The monoisotopic (exact) mass is 500 g/mol. The number of anilines is 1. The number of aromatic nitrogens is 2. The molecule has 1 aliphatic heterocycles. The molecule has 0 unspecified atom stereocenters. The van der Waals surface area contributed by atoms with E-state index in [1.807, 2.05) is 0 Å². The van der Waals surface area contributed by atoms with Crippen LogP contribution in [0, 0.1) is 17.5 Å². The summed E-state index contributed by atoms with van der Waals surface area (Å²) in [6, 6.07) is 5.90. The molecule has 4 rings (SSSR count). The van der Waals surface area contributed by atoms with Gasteiger partial charge in [-0.2, -0.15) is 8.78 Å². The lowest BCUT2D eigenvalue weighted by Crippen LogP contribution is -2.48. The van der Waals surface area contributed by atoms with Crippen molar-refractivity contribution < 1.29 is 35.4 Å². The van der Waals surface area contributed by atoms with Gasteiger partial charge in [0.05, 0.1) is 6.54 Å². The molecule has 0 radical (unpaired) electrons. The zero-order valence-electron chi connectivity index (χ0n) is 17.4. The molecule has 2 amide bonds. The maximum absolute atomic E-state index is 14.9. The molecule has 3 aromatic rings. The average Bonchev–Trinajstić information content (AvgIpc) is 3.31. The number of carbonyl (C=O) groups is 1. The smallest absolute Gasteiger partial charge is 0.324 e. The third-order valence-electron chi connectivity index (χ3n) is 5.15. The molecule has 0 bridgehead atoms. The minimum absolute atomic E-state index is 0.00227. The SMILES string of the molecule is O=C(N1CCS(=O)CC1)N(Cc1ccc(-c2nnc(C(F)F)o2)cc1F)c1ccc(F)c(F)c1. The van der Waals surface area contributed by atoms with Gasteiger partial charge >= 0.3 is 12.5 Å². The van der Waals surface area contributed by atoms with Gasteiger partial charge in [-0.25, -0.2) is 18.0 Å². The van der Waals surface area contributed by atoms with Crippen LogP contribution < -0.4 is 4.90 Å². The van der Waals surface area contributed by atoms with Crippen molar-refractivity contribution in [2.45, 2.75) is 13.0 Å². The lowest BCUT2D eigenvalue weighted by atomic mass is 10.1. The molecule has 0 spiro atoms. The molecule has 2 heterocycles. The van der Waals surface area contributed by atoms with E-state index in [1.165, 1.54) is 23.1 Å². The van der Waals surface area contributed by atoms with E-state index in [4.69, 9.17) is 4.42 Å². The number of hydrogen-bond donors (Lipinski definition) is 0. The number of benzene rings is 2. The molecular formula is C21H17F5N4O3S. The van der Waals surface area contributed by atoms with Gasteiger partial charge in [-0.1, -0.05) is 6.07 Å². The topological polar surface area (TPSA) is 79.5 Å². The molecule has 34 heavy (non-hydrogen) atoms. The molecule has 1 aromatic heterocycles. The van der Waals surface area contributed by atoms with Gasteiger partial charge in [0.2, 0.25) is 5.89 Å². The van der Waals surface area contributed by atoms with Gasteiger partial charge in [-0.15, -0.1) is 10.2 Å². The molecule has 2 aromatic carbocycles. The fraction of sp³-hybridized carbons (Fsp3) is 0.286. The number of amides is 2. The van der Waals surface area contributed by atoms with Crippen molar-refractivity contribution in [3.63, 3.8) is 0 Å². The first-order chi connectivity index (χ1) is 16.2. The van der Waals surface area contributed by atoms with Crippen molar-refractivity contribution >= 4 is 22.5 Å². The molecule has 0 saturated carbocycles. The maximum atomic E-state index is 14.9. The molecule has 1 saturated heterocycles. The Morgan fingerprint density at radius 2 is 1.76 bits per heavy atom. The molecule has 1 aliphatic rings. The van der Waals surface area contributed by atoms with Crippen LogP contribution in [0.1, 0.15) is 17.9 Å². The van der Waals surface area contributed by atoms with Crippen molar-refractivity contribution in [1.82, 2.24) is 15.1 Å². The Labute approximate surface area is 192 Å². The van der Waals surface area contributed by atoms with E-state index >= 15 is 0 Å². The fourth-order valence-electron chi connectivity index (χ4n) is 3.34. The summed E-state index contributed by atoms with van der Waals surface area (Å²) in [4.78, 5) is 15.7. The van der Waals surface area contributed by atoms with Crippen LogP contribution in [0.5, 0.6) is 0 Å². The van der Waals surface area contributed by atoms with Crippen LogP contribution in [-0.2, 0) is 17.3 Å². The van der Waals surface area contributed by atoms with Gasteiger partial charge in [0, 0.05) is 58.3 Å². The summed E-state index contributed by atoms with van der Waals surface area (Å²) in [5.74, 6) is -3.78. The van der Waals surface area contributed by atoms with Crippen LogP contribution in [0.4, 0.5) is 32.4 Å². The summed E-state index contributed by atoms with van der Waals surface area (Å²) in [6.45, 7) is 0.0368. The molecule has 0 atom stereocenters. The summed E-state index contributed by atoms with van der Waals surface area (Å²) >= 11 is 0. The number of halogens is 5. The maximum Gasteiger partial charge on any atom is 0.324 e. The molecule has 1 fully saturated rings. The lowest BCUT2D eigenvalue weighted by molar-refractivity contribution is 0.116. The van der Waals surface area contributed by atoms with Gasteiger partial charge in [-0.3, -0.25) is 9.11 Å². The first kappa shape index (κ1) is 23.8. The third kappa shape index (κ3) is 5.08. The van der Waals surface area contributed by atoms with Gasteiger partial charge in [0.1, 0.15) is 5.82 Å². The Hall–Kier alpha value is -3.35. The van der Waals surface area contributed by atoms with Crippen molar-refractivity contribution in [1.29, 1.82) is 0 Å². The Morgan fingerprint density at radius 1 is 1.03 bits per heavy atom. The molecule has 7 nitrogen and oxygen atoms in total. The average molecular weight is 500 g/mol. The normalized spacial score (nSPS) is 14.6. The largest absolute Gasteiger partial charge is 0.415 e. The highest BCUT2D eigenvalue weighted by molar-refractivity contribution is 7.85. The second-order valence-corrected chi connectivity index (χ2v) is 9.05. The fourth-order valence-corrected chi connectivity index (χ4v) is 4.39. The highest BCUT2D eigenvalue weighted by atomic mass is 32.2. The summed E-state index contributed by atoms with van der Waals surface area (Å²) in [7, 11) is -1.05. The quantitative estimate of drug-likeness (QED) is 0.489. The number of nitrogens with zero attached hydrogens (tertiary/aromatic N) is 4. The molecule has 180 valence electrons. The van der Waals surface area contributed by atoms with Gasteiger partial charge in [0.15, 0.2) is 11.6 Å². The van der Waals surface area contributed by atoms with E-state index < -0.39 is 46.6 Å². The van der Waals surface area contributed by atoms with Crippen LogP contribution in [0.25, 0.3) is 11.5 Å². The van der Waals surface area contributed by atoms with Crippen LogP contribution in [0.3, 0.4) is 0 Å². The van der Waals surface area contributed by atoms with Crippen molar-refractivity contribution in [3.05, 3.63) is 65.3 Å². The predicted molar refractivity (Wildman–Crippen MR) is 112 cm³/mol. The highest BCUT2D eigenvalue weighted by Gasteiger charge is 2.27. The predicted octanol–water partition coefficient (Wildman–Crippen LogP) is 4.28. The van der Waals surface area contributed by atoms with Crippen LogP contribution in [-0.4, -0.2) is 49.9 Å². The van der Waals surface area contributed by atoms with Crippen molar-refractivity contribution in [2.75, 3.05) is 29.5 Å². The third-order valence-corrected chi connectivity index (χ3v) is 6.43. The van der Waals surface area contributed by atoms with Crippen molar-refractivity contribution in [2.24, 2.45) is 0 Å². The Balaban J connectivity index is 1.63. The summed E-state index contributed by atoms with van der Waals surface area (Å²) < 4.78 is 84.1. The van der Waals surface area contributed by atoms with Gasteiger partial charge in [0.25, 0.3) is 5.89 Å². The van der Waals surface area contributed by atoms with Gasteiger partial charge in [-0.05, 0) is 24.3 Å². The number of rotatable bonds is 5. The van der Waals surface area contributed by atoms with E-state index in [-0.39, 0.29) is 53.8 Å². The van der Waals surface area contributed by atoms with Gasteiger partial charge < -0.3 is 9.32 Å². The zero-order chi connectivity index (χ0) is 24.4. The second-order valence-electron chi connectivity index (χ2n) is 7.35. The van der Waals surface area contributed by atoms with E-state index in [2.05, 4.69) is 10.2 Å². The first-order valence-electron chi connectivity index (χ1n) is 9.99. The second kappa shape index (κ2) is 9.87. The number of hydrogen-bond acceptors (Lipinski definition) is 5.